The van der Waals surface area contributed by atoms with E-state index < -0.39 is 37.0 Å². The van der Waals surface area contributed by atoms with Crippen LogP contribution in [0, 0.1) is 5.92 Å². The first-order chi connectivity index (χ1) is 20.0. The van der Waals surface area contributed by atoms with Gasteiger partial charge in [-0.25, -0.2) is 4.98 Å². The molecular formula is C29H24Cl2F5N2O4+. The summed E-state index contributed by atoms with van der Waals surface area (Å²) < 4.78 is 83.6. The molecule has 2 aromatic heterocycles. The van der Waals surface area contributed by atoms with E-state index in [4.69, 9.17) is 32.7 Å². The smallest absolute Gasteiger partial charge is 0.416 e. The highest BCUT2D eigenvalue weighted by Crippen LogP contribution is 2.38. The Bertz CT molecular complexity index is 1570. The number of benzene rings is 2. The van der Waals surface area contributed by atoms with Gasteiger partial charge in [-0.3, -0.25) is 4.79 Å². The third kappa shape index (κ3) is 7.25. The van der Waals surface area contributed by atoms with Crippen LogP contribution in [0.25, 0.3) is 10.9 Å². The van der Waals surface area contributed by atoms with Gasteiger partial charge in [-0.15, -0.1) is 0 Å². The van der Waals surface area contributed by atoms with E-state index >= 15 is 0 Å². The van der Waals surface area contributed by atoms with Gasteiger partial charge in [-0.1, -0.05) is 35.3 Å². The van der Waals surface area contributed by atoms with Gasteiger partial charge in [0.05, 0.1) is 12.2 Å². The standard InChI is InChI=1S/C29H23Cl2F5N2O4/c30-21-12-37-13-22(31)20(21)11-25(18-4-6-24(42-28(32)33)26(9-18)40-15-16-1-2-16)41-27(39)14-38-8-7-17-3-5-19(10-23(17)38)29(34,35)36/h3-10,12-13,16,25,28H,1-2,11,14-15H2/p+1/t25-/m0/s1. The molecule has 1 N–H and O–H groups in total. The Hall–Kier alpha value is -3.57. The van der Waals surface area contributed by atoms with E-state index in [9.17, 15) is 26.7 Å². The van der Waals surface area contributed by atoms with Crippen LogP contribution in [0.15, 0.2) is 61.1 Å². The Morgan fingerprint density at radius 1 is 1.02 bits per heavy atom. The molecule has 5 rings (SSSR count). The second kappa shape index (κ2) is 12.3. The quantitative estimate of drug-likeness (QED) is 0.126. The summed E-state index contributed by atoms with van der Waals surface area (Å²) in [5.74, 6) is -0.577. The predicted octanol–water partition coefficient (Wildman–Crippen LogP) is 7.70. The Morgan fingerprint density at radius 2 is 1.76 bits per heavy atom. The number of esters is 1. The zero-order valence-electron chi connectivity index (χ0n) is 21.8. The molecule has 0 saturated heterocycles. The van der Waals surface area contributed by atoms with Crippen molar-refractivity contribution in [1.29, 1.82) is 0 Å². The molecule has 42 heavy (non-hydrogen) atoms. The number of ether oxygens (including phenoxy) is 3. The fourth-order valence-electron chi connectivity index (χ4n) is 4.44. The van der Waals surface area contributed by atoms with Crippen molar-refractivity contribution in [2.45, 2.75) is 44.7 Å². The minimum Gasteiger partial charge on any atom is -0.489 e. The summed E-state index contributed by atoms with van der Waals surface area (Å²) in [4.78, 5) is 16.0. The molecule has 1 aliphatic carbocycles. The molecule has 1 atom stereocenters. The summed E-state index contributed by atoms with van der Waals surface area (Å²) in [6.07, 6.45) is 0.830. The van der Waals surface area contributed by atoms with Gasteiger partial charge in [-0.05, 0) is 60.0 Å². The first-order valence-electron chi connectivity index (χ1n) is 12.9. The van der Waals surface area contributed by atoms with Crippen molar-refractivity contribution in [3.8, 4) is 11.5 Å². The number of nitrogens with one attached hydrogen (secondary N) is 1. The zero-order chi connectivity index (χ0) is 30.0. The topological polar surface area (TPSA) is 63.8 Å². The highest BCUT2D eigenvalue weighted by Gasteiger charge is 2.31. The average molecular weight is 630 g/mol. The van der Waals surface area contributed by atoms with E-state index in [1.807, 2.05) is 0 Å². The van der Waals surface area contributed by atoms with Crippen LogP contribution >= 0.6 is 23.2 Å². The van der Waals surface area contributed by atoms with Crippen LogP contribution in [0.4, 0.5) is 22.0 Å². The zero-order valence-corrected chi connectivity index (χ0v) is 23.3. The van der Waals surface area contributed by atoms with Crippen molar-refractivity contribution >= 4 is 40.1 Å². The van der Waals surface area contributed by atoms with E-state index in [-0.39, 0.29) is 33.5 Å². The largest absolute Gasteiger partial charge is 0.489 e. The van der Waals surface area contributed by atoms with E-state index in [1.165, 1.54) is 47.4 Å². The van der Waals surface area contributed by atoms with Crippen LogP contribution in [-0.2, 0) is 28.7 Å². The summed E-state index contributed by atoms with van der Waals surface area (Å²) >= 11 is 12.7. The summed E-state index contributed by atoms with van der Waals surface area (Å²) in [5, 5.41) is 1.04. The van der Waals surface area contributed by atoms with Gasteiger partial charge in [0, 0.05) is 23.7 Å². The Kier molecular flexibility index (Phi) is 8.79. The molecule has 2 aromatic carbocycles. The van der Waals surface area contributed by atoms with Crippen LogP contribution in [-0.4, -0.2) is 23.8 Å². The lowest BCUT2D eigenvalue weighted by molar-refractivity contribution is -0.377. The molecule has 6 nitrogen and oxygen atoms in total. The lowest BCUT2D eigenvalue weighted by atomic mass is 10.0. The predicted molar refractivity (Wildman–Crippen MR) is 144 cm³/mol. The molecule has 1 fully saturated rings. The molecule has 13 heteroatoms. The average Bonchev–Trinajstić information content (AvgIpc) is 3.68. The van der Waals surface area contributed by atoms with Gasteiger partial charge in [0.15, 0.2) is 23.9 Å². The van der Waals surface area contributed by atoms with Crippen molar-refractivity contribution in [2.24, 2.45) is 5.92 Å². The maximum atomic E-state index is 13.3. The summed E-state index contributed by atoms with van der Waals surface area (Å²) in [6, 6.07) is 9.05. The Labute approximate surface area is 246 Å². The van der Waals surface area contributed by atoms with Crippen LogP contribution in [0.2, 0.25) is 10.0 Å². The van der Waals surface area contributed by atoms with Crippen LogP contribution in [0.3, 0.4) is 0 Å². The van der Waals surface area contributed by atoms with Gasteiger partial charge in [0.25, 0.3) is 0 Å². The molecule has 0 radical (unpaired) electrons. The van der Waals surface area contributed by atoms with E-state index in [1.54, 1.807) is 6.07 Å². The molecule has 222 valence electrons. The van der Waals surface area contributed by atoms with Crippen LogP contribution < -0.4 is 14.5 Å². The summed E-state index contributed by atoms with van der Waals surface area (Å²) in [6.45, 7) is -3.18. The Morgan fingerprint density at radius 3 is 2.43 bits per heavy atom. The van der Waals surface area contributed by atoms with E-state index in [0.29, 0.717) is 29.0 Å². The molecule has 0 amide bonds. The lowest BCUT2D eigenvalue weighted by Gasteiger charge is -2.21. The number of hydrogen-bond acceptors (Lipinski definition) is 4. The first kappa shape index (κ1) is 29.9. The fraction of sp³-hybridized carbons (Fsp3) is 0.310. The van der Waals surface area contributed by atoms with Gasteiger partial charge < -0.3 is 18.8 Å². The van der Waals surface area contributed by atoms with Gasteiger partial charge >= 0.3 is 18.8 Å². The van der Waals surface area contributed by atoms with Crippen molar-refractivity contribution in [1.82, 2.24) is 4.57 Å². The molecular weight excluding hydrogens is 606 g/mol. The normalized spacial score (nSPS) is 14.3. The molecule has 0 bridgehead atoms. The number of H-pyrrole nitrogens is 1. The van der Waals surface area contributed by atoms with Crippen molar-refractivity contribution in [3.63, 3.8) is 0 Å². The number of carbonyl (C=O) groups excluding carboxylic acids is 1. The maximum Gasteiger partial charge on any atom is 0.416 e. The fourth-order valence-corrected chi connectivity index (χ4v) is 4.97. The highest BCUT2D eigenvalue weighted by atomic mass is 35.5. The number of aromatic amines is 1. The summed E-state index contributed by atoms with van der Waals surface area (Å²) in [5.41, 5.74) is 0.181. The minimum atomic E-state index is -4.56. The SMILES string of the molecule is O=C(Cn1ccc2ccc(C(F)(F)F)cc21)O[C@@H](Cc1c(Cl)c[nH+]cc1Cl)c1ccc(OC(F)F)c(OCC2CC2)c1. The number of fused-ring (bicyclic) bond motifs is 1. The van der Waals surface area contributed by atoms with Crippen molar-refractivity contribution in [3.05, 3.63) is 87.8 Å². The lowest BCUT2D eigenvalue weighted by Crippen LogP contribution is -2.19. The number of alkyl halides is 5. The molecule has 1 aliphatic rings. The number of hydrogen-bond donors (Lipinski definition) is 0. The van der Waals surface area contributed by atoms with E-state index in [0.717, 1.165) is 25.0 Å². The summed E-state index contributed by atoms with van der Waals surface area (Å²) in [7, 11) is 0. The molecule has 0 spiro atoms. The second-order valence-corrected chi connectivity index (χ2v) is 10.7. The second-order valence-electron chi connectivity index (χ2n) is 9.87. The third-order valence-electron chi connectivity index (χ3n) is 6.79. The van der Waals surface area contributed by atoms with Gasteiger partial charge in [0.1, 0.15) is 22.7 Å². The number of aromatic nitrogens is 2. The van der Waals surface area contributed by atoms with Crippen LogP contribution in [0.1, 0.15) is 35.6 Å². The minimum absolute atomic E-state index is 0.000148. The van der Waals surface area contributed by atoms with Crippen molar-refractivity contribution < 1.29 is 45.9 Å². The van der Waals surface area contributed by atoms with E-state index in [2.05, 4.69) is 9.72 Å². The third-order valence-corrected chi connectivity index (χ3v) is 7.46. The first-order valence-corrected chi connectivity index (χ1v) is 13.6. The maximum absolute atomic E-state index is 13.3. The number of halogens is 7. The Balaban J connectivity index is 1.45. The highest BCUT2D eigenvalue weighted by molar-refractivity contribution is 6.35. The number of carbonyl (C=O) groups is 1. The monoisotopic (exact) mass is 629 g/mol. The van der Waals surface area contributed by atoms with Gasteiger partial charge in [0.2, 0.25) is 0 Å². The van der Waals surface area contributed by atoms with Crippen molar-refractivity contribution in [2.75, 3.05) is 6.61 Å². The molecule has 4 aromatic rings. The number of nitrogens with zero attached hydrogens (tertiary/aromatic N) is 1. The molecule has 2 heterocycles. The number of pyridine rings is 1. The molecule has 1 saturated carbocycles. The van der Waals surface area contributed by atoms with Crippen LogP contribution in [0.5, 0.6) is 11.5 Å². The number of rotatable bonds is 11. The molecule has 0 aliphatic heterocycles. The molecule has 0 unspecified atom stereocenters. The van der Waals surface area contributed by atoms with Gasteiger partial charge in [-0.2, -0.15) is 22.0 Å².